The summed E-state index contributed by atoms with van der Waals surface area (Å²) < 4.78 is 0. The molecule has 0 aliphatic carbocycles. The third-order valence-corrected chi connectivity index (χ3v) is 3.39. The van der Waals surface area contributed by atoms with E-state index in [2.05, 4.69) is 39.9 Å². The van der Waals surface area contributed by atoms with E-state index < -0.39 is 0 Å². The molecule has 0 aromatic rings. The zero-order chi connectivity index (χ0) is 11.0. The number of nitrogens with one attached hydrogen (secondary N) is 1. The van der Waals surface area contributed by atoms with E-state index in [-0.39, 0.29) is 0 Å². The number of hydrogen-bond acceptors (Lipinski definition) is 1. The van der Waals surface area contributed by atoms with Gasteiger partial charge in [0.05, 0.1) is 0 Å². The molecule has 0 bridgehead atoms. The van der Waals surface area contributed by atoms with Gasteiger partial charge in [-0.25, -0.2) is 0 Å². The van der Waals surface area contributed by atoms with E-state index >= 15 is 0 Å². The highest BCUT2D eigenvalue weighted by molar-refractivity contribution is 4.67. The summed E-state index contributed by atoms with van der Waals surface area (Å²) >= 11 is 0. The second-order valence-electron chi connectivity index (χ2n) is 4.81. The molecule has 0 radical (unpaired) electrons. The zero-order valence-corrected chi connectivity index (χ0v) is 10.8. The van der Waals surface area contributed by atoms with E-state index in [0.717, 1.165) is 11.8 Å². The Labute approximate surface area is 90.7 Å². The Bertz CT molecular complexity index is 122. The third-order valence-electron chi connectivity index (χ3n) is 3.39. The van der Waals surface area contributed by atoms with E-state index in [1.54, 1.807) is 0 Å². The molecule has 14 heavy (non-hydrogen) atoms. The predicted octanol–water partition coefficient (Wildman–Crippen LogP) is 3.84. The first kappa shape index (κ1) is 14.0. The SMILES string of the molecule is CCCCC(C)NCC(C)C(C)CC. The zero-order valence-electron chi connectivity index (χ0n) is 10.8. The number of hydrogen-bond donors (Lipinski definition) is 1. The van der Waals surface area contributed by atoms with Gasteiger partial charge in [0.15, 0.2) is 0 Å². The standard InChI is InChI=1S/C13H29N/c1-6-8-9-13(5)14-10-12(4)11(3)7-2/h11-14H,6-10H2,1-5H3. The summed E-state index contributed by atoms with van der Waals surface area (Å²) in [6.07, 6.45) is 5.29. The minimum absolute atomic E-state index is 0.696. The van der Waals surface area contributed by atoms with Crippen molar-refractivity contribution in [3.63, 3.8) is 0 Å². The molecule has 86 valence electrons. The van der Waals surface area contributed by atoms with E-state index in [1.165, 1.54) is 32.2 Å². The summed E-state index contributed by atoms with van der Waals surface area (Å²) in [5.74, 6) is 1.66. The molecular weight excluding hydrogens is 170 g/mol. The Morgan fingerprint density at radius 2 is 1.64 bits per heavy atom. The monoisotopic (exact) mass is 199 g/mol. The van der Waals surface area contributed by atoms with Crippen molar-refractivity contribution in [1.29, 1.82) is 0 Å². The van der Waals surface area contributed by atoms with Gasteiger partial charge in [-0.15, -0.1) is 0 Å². The normalized spacial score (nSPS) is 17.8. The van der Waals surface area contributed by atoms with Gasteiger partial charge in [-0.1, -0.05) is 47.0 Å². The van der Waals surface area contributed by atoms with Crippen LogP contribution in [-0.2, 0) is 0 Å². The highest BCUT2D eigenvalue weighted by Gasteiger charge is 2.10. The molecule has 0 saturated heterocycles. The largest absolute Gasteiger partial charge is 0.314 e. The first-order valence-corrected chi connectivity index (χ1v) is 6.35. The van der Waals surface area contributed by atoms with Crippen molar-refractivity contribution in [1.82, 2.24) is 5.32 Å². The Morgan fingerprint density at radius 1 is 1.00 bits per heavy atom. The van der Waals surface area contributed by atoms with Crippen LogP contribution in [0.1, 0.15) is 60.3 Å². The highest BCUT2D eigenvalue weighted by Crippen LogP contribution is 2.13. The van der Waals surface area contributed by atoms with E-state index in [0.29, 0.717) is 6.04 Å². The molecule has 1 nitrogen and oxygen atoms in total. The molecule has 1 heteroatoms. The highest BCUT2D eigenvalue weighted by atomic mass is 14.9. The molecule has 0 fully saturated rings. The fourth-order valence-corrected chi connectivity index (χ4v) is 1.60. The summed E-state index contributed by atoms with van der Waals surface area (Å²) in [5.41, 5.74) is 0. The molecular formula is C13H29N. The maximum Gasteiger partial charge on any atom is 0.00388 e. The lowest BCUT2D eigenvalue weighted by molar-refractivity contribution is 0.338. The average Bonchev–Trinajstić information content (AvgIpc) is 2.21. The van der Waals surface area contributed by atoms with Crippen molar-refractivity contribution < 1.29 is 0 Å². The van der Waals surface area contributed by atoms with Crippen LogP contribution in [0.5, 0.6) is 0 Å². The van der Waals surface area contributed by atoms with Crippen molar-refractivity contribution in [2.75, 3.05) is 6.54 Å². The van der Waals surface area contributed by atoms with E-state index in [4.69, 9.17) is 0 Å². The summed E-state index contributed by atoms with van der Waals surface area (Å²) in [6, 6.07) is 0.696. The smallest absolute Gasteiger partial charge is 0.00388 e. The average molecular weight is 199 g/mol. The van der Waals surface area contributed by atoms with E-state index in [9.17, 15) is 0 Å². The fourth-order valence-electron chi connectivity index (χ4n) is 1.60. The Hall–Kier alpha value is -0.0400. The van der Waals surface area contributed by atoms with Crippen LogP contribution in [0.15, 0.2) is 0 Å². The predicted molar refractivity (Wildman–Crippen MR) is 65.6 cm³/mol. The molecule has 0 spiro atoms. The molecule has 0 heterocycles. The van der Waals surface area contributed by atoms with Gasteiger partial charge in [0.25, 0.3) is 0 Å². The first-order chi connectivity index (χ1) is 6.61. The van der Waals surface area contributed by atoms with Crippen LogP contribution >= 0.6 is 0 Å². The van der Waals surface area contributed by atoms with Crippen LogP contribution in [0.3, 0.4) is 0 Å². The van der Waals surface area contributed by atoms with Crippen LogP contribution in [-0.4, -0.2) is 12.6 Å². The maximum absolute atomic E-state index is 3.63. The first-order valence-electron chi connectivity index (χ1n) is 6.35. The lowest BCUT2D eigenvalue weighted by atomic mass is 9.93. The van der Waals surface area contributed by atoms with Crippen LogP contribution in [0.4, 0.5) is 0 Å². The summed E-state index contributed by atoms with van der Waals surface area (Å²) in [6.45, 7) is 12.7. The number of unbranched alkanes of at least 4 members (excludes halogenated alkanes) is 1. The van der Waals surface area contributed by atoms with Gasteiger partial charge in [0.2, 0.25) is 0 Å². The van der Waals surface area contributed by atoms with Crippen LogP contribution in [0.2, 0.25) is 0 Å². The van der Waals surface area contributed by atoms with Gasteiger partial charge in [-0.3, -0.25) is 0 Å². The molecule has 0 aliphatic rings. The van der Waals surface area contributed by atoms with Gasteiger partial charge in [-0.05, 0) is 31.7 Å². The third kappa shape index (κ3) is 6.42. The van der Waals surface area contributed by atoms with Crippen molar-refractivity contribution in [2.24, 2.45) is 11.8 Å². The van der Waals surface area contributed by atoms with Gasteiger partial charge in [0, 0.05) is 6.04 Å². The minimum atomic E-state index is 0.696. The maximum atomic E-state index is 3.63. The van der Waals surface area contributed by atoms with Gasteiger partial charge in [-0.2, -0.15) is 0 Å². The molecule has 0 saturated carbocycles. The Balaban J connectivity index is 3.50. The summed E-state index contributed by atoms with van der Waals surface area (Å²) in [4.78, 5) is 0. The molecule has 0 aliphatic heterocycles. The summed E-state index contributed by atoms with van der Waals surface area (Å²) in [7, 11) is 0. The van der Waals surface area contributed by atoms with Crippen molar-refractivity contribution in [3.05, 3.63) is 0 Å². The van der Waals surface area contributed by atoms with Crippen LogP contribution in [0, 0.1) is 11.8 Å². The molecule has 0 aromatic heterocycles. The second kappa shape index (κ2) is 8.28. The molecule has 1 N–H and O–H groups in total. The fraction of sp³-hybridized carbons (Fsp3) is 1.00. The molecule has 0 rings (SSSR count). The topological polar surface area (TPSA) is 12.0 Å². The molecule has 3 unspecified atom stereocenters. The van der Waals surface area contributed by atoms with E-state index in [1.807, 2.05) is 0 Å². The van der Waals surface area contributed by atoms with Gasteiger partial charge < -0.3 is 5.32 Å². The van der Waals surface area contributed by atoms with Gasteiger partial charge in [0.1, 0.15) is 0 Å². The molecule has 0 amide bonds. The minimum Gasteiger partial charge on any atom is -0.314 e. The molecule has 3 atom stereocenters. The van der Waals surface area contributed by atoms with Crippen molar-refractivity contribution >= 4 is 0 Å². The Morgan fingerprint density at radius 3 is 2.14 bits per heavy atom. The lowest BCUT2D eigenvalue weighted by Crippen LogP contribution is -2.32. The lowest BCUT2D eigenvalue weighted by Gasteiger charge is -2.21. The van der Waals surface area contributed by atoms with Crippen LogP contribution in [0.25, 0.3) is 0 Å². The van der Waals surface area contributed by atoms with Crippen LogP contribution < -0.4 is 5.32 Å². The quantitative estimate of drug-likeness (QED) is 0.626. The van der Waals surface area contributed by atoms with Crippen molar-refractivity contribution in [2.45, 2.75) is 66.3 Å². The van der Waals surface area contributed by atoms with Gasteiger partial charge >= 0.3 is 0 Å². The Kier molecular flexibility index (Phi) is 8.26. The van der Waals surface area contributed by atoms with Crippen molar-refractivity contribution in [3.8, 4) is 0 Å². The summed E-state index contributed by atoms with van der Waals surface area (Å²) in [5, 5.41) is 3.63. The second-order valence-corrected chi connectivity index (χ2v) is 4.81. The molecule has 0 aromatic carbocycles. The number of rotatable bonds is 8.